The number of hydrogen-bond acceptors (Lipinski definition) is 4. The van der Waals surface area contributed by atoms with Crippen LogP contribution in [0.25, 0.3) is 22.4 Å². The van der Waals surface area contributed by atoms with Crippen molar-refractivity contribution in [3.8, 4) is 22.4 Å². The lowest BCUT2D eigenvalue weighted by Gasteiger charge is -2.37. The quantitative estimate of drug-likeness (QED) is 0.623. The molecular weight excluding hydrogens is 403 g/mol. The van der Waals surface area contributed by atoms with Crippen LogP contribution in [0.3, 0.4) is 0 Å². The van der Waals surface area contributed by atoms with E-state index in [9.17, 15) is 4.39 Å². The van der Waals surface area contributed by atoms with Crippen molar-refractivity contribution in [2.45, 2.75) is 37.8 Å². The Morgan fingerprint density at radius 2 is 1.81 bits per heavy atom. The van der Waals surface area contributed by atoms with Crippen LogP contribution in [0.15, 0.2) is 54.9 Å². The van der Waals surface area contributed by atoms with Gasteiger partial charge in [-0.05, 0) is 86.4 Å². The second-order valence-corrected chi connectivity index (χ2v) is 8.97. The van der Waals surface area contributed by atoms with Crippen LogP contribution in [0.2, 0.25) is 0 Å². The van der Waals surface area contributed by atoms with Crippen LogP contribution in [0.4, 0.5) is 4.39 Å². The Kier molecular flexibility index (Phi) is 6.35. The summed E-state index contributed by atoms with van der Waals surface area (Å²) in [4.78, 5) is 10.4. The average molecular weight is 435 g/mol. The zero-order chi connectivity index (χ0) is 21.9. The molecule has 1 aromatic carbocycles. The van der Waals surface area contributed by atoms with E-state index in [4.69, 9.17) is 4.74 Å². The Hall–Kier alpha value is -2.54. The second kappa shape index (κ2) is 9.53. The molecule has 2 aliphatic heterocycles. The number of pyridine rings is 1. The van der Waals surface area contributed by atoms with Crippen LogP contribution in [0.5, 0.6) is 0 Å². The van der Waals surface area contributed by atoms with E-state index in [1.807, 2.05) is 36.7 Å². The first-order valence-corrected chi connectivity index (χ1v) is 11.6. The number of H-pyrrole nitrogens is 1. The Balaban J connectivity index is 1.33. The molecule has 0 bridgehead atoms. The van der Waals surface area contributed by atoms with Gasteiger partial charge in [-0.25, -0.2) is 4.39 Å². The fraction of sp³-hybridized carbons (Fsp3) is 0.423. The second-order valence-electron chi connectivity index (χ2n) is 8.97. The normalized spacial score (nSPS) is 22.8. The third-order valence-electron chi connectivity index (χ3n) is 6.90. The molecule has 2 aliphatic rings. The number of aromatic amines is 1. The summed E-state index contributed by atoms with van der Waals surface area (Å²) in [6.45, 7) is 7.14. The number of nitrogens with one attached hydrogen (secondary N) is 2. The topological polar surface area (TPSA) is 53.2 Å². The maximum absolute atomic E-state index is 13.5. The number of hydrogen-bond donors (Lipinski definition) is 2. The molecule has 0 unspecified atom stereocenters. The number of aromatic nitrogens is 2. The van der Waals surface area contributed by atoms with E-state index >= 15 is 0 Å². The summed E-state index contributed by atoms with van der Waals surface area (Å²) < 4.78 is 19.3. The van der Waals surface area contributed by atoms with Gasteiger partial charge in [0.15, 0.2) is 0 Å². The first kappa shape index (κ1) is 21.3. The fourth-order valence-corrected chi connectivity index (χ4v) is 4.99. The van der Waals surface area contributed by atoms with Crippen molar-refractivity contribution in [3.05, 3.63) is 66.4 Å². The lowest BCUT2D eigenvalue weighted by Crippen LogP contribution is -2.53. The molecule has 2 aromatic heterocycles. The third kappa shape index (κ3) is 4.63. The van der Waals surface area contributed by atoms with Crippen LogP contribution in [-0.4, -0.2) is 59.8 Å². The van der Waals surface area contributed by atoms with Gasteiger partial charge in [-0.2, -0.15) is 0 Å². The Morgan fingerprint density at radius 3 is 2.53 bits per heavy atom. The van der Waals surface area contributed by atoms with Crippen molar-refractivity contribution in [3.63, 3.8) is 0 Å². The zero-order valence-electron chi connectivity index (χ0n) is 18.6. The van der Waals surface area contributed by atoms with Gasteiger partial charge in [0.05, 0.1) is 18.4 Å². The number of benzene rings is 1. The summed E-state index contributed by atoms with van der Waals surface area (Å²) in [5.74, 6) is 0.277. The molecule has 6 heteroatoms. The maximum Gasteiger partial charge on any atom is 0.123 e. The summed E-state index contributed by atoms with van der Waals surface area (Å²) in [7, 11) is 0. The molecule has 5 nitrogen and oxygen atoms in total. The van der Waals surface area contributed by atoms with Crippen LogP contribution in [0, 0.1) is 5.82 Å². The summed E-state index contributed by atoms with van der Waals surface area (Å²) >= 11 is 0. The highest BCUT2D eigenvalue weighted by Gasteiger charge is 2.28. The van der Waals surface area contributed by atoms with Crippen LogP contribution < -0.4 is 5.32 Å². The van der Waals surface area contributed by atoms with E-state index in [-0.39, 0.29) is 11.9 Å². The van der Waals surface area contributed by atoms with Gasteiger partial charge in [-0.3, -0.25) is 4.98 Å². The van der Waals surface area contributed by atoms with Crippen LogP contribution in [-0.2, 0) is 4.74 Å². The summed E-state index contributed by atoms with van der Waals surface area (Å²) in [5.41, 5.74) is 5.58. The molecule has 0 aliphatic carbocycles. The van der Waals surface area contributed by atoms with Crippen LogP contribution >= 0.6 is 0 Å². The largest absolute Gasteiger partial charge is 0.376 e. The number of piperidine rings is 1. The summed E-state index contributed by atoms with van der Waals surface area (Å²) in [6.07, 6.45) is 6.16. The van der Waals surface area contributed by atoms with E-state index < -0.39 is 0 Å². The Labute approximate surface area is 189 Å². The molecule has 2 N–H and O–H groups in total. The number of nitrogens with zero attached hydrogens (tertiary/aromatic N) is 2. The predicted molar refractivity (Wildman–Crippen MR) is 125 cm³/mol. The SMILES string of the molecule is C[C@H]1OCCN[C@H]1CN1CCC(c2cc(-c3ccncc3)c(-c3ccc(F)cc3)[nH]2)CC1. The van der Waals surface area contributed by atoms with Gasteiger partial charge in [0.25, 0.3) is 0 Å². The molecule has 2 saturated heterocycles. The van der Waals surface area contributed by atoms with Crippen molar-refractivity contribution in [2.75, 3.05) is 32.8 Å². The van der Waals surface area contributed by atoms with Gasteiger partial charge in [-0.1, -0.05) is 0 Å². The highest BCUT2D eigenvalue weighted by Crippen LogP contribution is 2.37. The third-order valence-corrected chi connectivity index (χ3v) is 6.90. The number of morpholine rings is 1. The average Bonchev–Trinajstić information content (AvgIpc) is 3.28. The molecule has 32 heavy (non-hydrogen) atoms. The minimum absolute atomic E-state index is 0.217. The number of halogens is 1. The van der Waals surface area contributed by atoms with E-state index in [0.29, 0.717) is 12.0 Å². The van der Waals surface area contributed by atoms with E-state index in [2.05, 4.69) is 33.2 Å². The van der Waals surface area contributed by atoms with Gasteiger partial charge in [0.1, 0.15) is 5.82 Å². The smallest absolute Gasteiger partial charge is 0.123 e. The molecule has 0 saturated carbocycles. The molecule has 2 fully saturated rings. The maximum atomic E-state index is 13.5. The molecule has 168 valence electrons. The number of likely N-dealkylation sites (tertiary alicyclic amines) is 1. The van der Waals surface area contributed by atoms with E-state index in [1.165, 1.54) is 17.8 Å². The zero-order valence-corrected chi connectivity index (χ0v) is 18.6. The molecule has 0 amide bonds. The minimum atomic E-state index is -0.217. The summed E-state index contributed by atoms with van der Waals surface area (Å²) in [6, 6.07) is 13.5. The molecule has 3 aromatic rings. The fourth-order valence-electron chi connectivity index (χ4n) is 4.99. The van der Waals surface area contributed by atoms with Crippen molar-refractivity contribution in [1.82, 2.24) is 20.2 Å². The Morgan fingerprint density at radius 1 is 1.06 bits per heavy atom. The monoisotopic (exact) mass is 434 g/mol. The molecule has 0 radical (unpaired) electrons. The van der Waals surface area contributed by atoms with E-state index in [0.717, 1.165) is 68.0 Å². The lowest BCUT2D eigenvalue weighted by molar-refractivity contribution is -0.00418. The molecule has 5 rings (SSSR count). The molecule has 2 atom stereocenters. The first-order chi connectivity index (χ1) is 15.7. The standard InChI is InChI=1S/C26H31FN4O/c1-18-25(29-12-15-32-18)17-31-13-8-20(9-14-31)24-16-23(19-6-10-28-11-7-19)26(30-24)21-2-4-22(27)5-3-21/h2-7,10-11,16,18,20,25,29-30H,8-9,12-15,17H2,1H3/t18-,25+/m1/s1. The Bertz CT molecular complexity index is 1010. The molecule has 0 spiro atoms. The summed E-state index contributed by atoms with van der Waals surface area (Å²) in [5, 5.41) is 3.61. The van der Waals surface area contributed by atoms with Crippen molar-refractivity contribution in [1.29, 1.82) is 0 Å². The highest BCUT2D eigenvalue weighted by molar-refractivity contribution is 5.82. The number of ether oxygens (including phenoxy) is 1. The first-order valence-electron chi connectivity index (χ1n) is 11.6. The van der Waals surface area contributed by atoms with Crippen LogP contribution in [0.1, 0.15) is 31.4 Å². The van der Waals surface area contributed by atoms with Crippen molar-refractivity contribution in [2.24, 2.45) is 0 Å². The van der Waals surface area contributed by atoms with Gasteiger partial charge in [0, 0.05) is 48.7 Å². The van der Waals surface area contributed by atoms with Gasteiger partial charge < -0.3 is 19.9 Å². The number of rotatable bonds is 5. The van der Waals surface area contributed by atoms with E-state index in [1.54, 1.807) is 0 Å². The predicted octanol–water partition coefficient (Wildman–Crippen LogP) is 4.44. The molecule has 4 heterocycles. The lowest BCUT2D eigenvalue weighted by atomic mass is 9.92. The molecular formula is C26H31FN4O. The van der Waals surface area contributed by atoms with Gasteiger partial charge >= 0.3 is 0 Å². The van der Waals surface area contributed by atoms with Crippen molar-refractivity contribution >= 4 is 0 Å². The highest BCUT2D eigenvalue weighted by atomic mass is 19.1. The minimum Gasteiger partial charge on any atom is -0.376 e. The van der Waals surface area contributed by atoms with Crippen molar-refractivity contribution < 1.29 is 9.13 Å². The van der Waals surface area contributed by atoms with Gasteiger partial charge in [-0.15, -0.1) is 0 Å². The van der Waals surface area contributed by atoms with Gasteiger partial charge in [0.2, 0.25) is 0 Å².